The van der Waals surface area contributed by atoms with E-state index in [0.717, 1.165) is 22.8 Å². The standard InChI is InChI=1S/C9H5N5S2/c1-2-6(8-4-10-15-13-8)12-7(3-1)9-5-11-16-14-9/h1-5H. The highest BCUT2D eigenvalue weighted by Crippen LogP contribution is 2.20. The summed E-state index contributed by atoms with van der Waals surface area (Å²) in [4.78, 5) is 4.47. The number of aromatic nitrogens is 5. The highest BCUT2D eigenvalue weighted by molar-refractivity contribution is 6.99. The van der Waals surface area contributed by atoms with Crippen molar-refractivity contribution >= 4 is 23.5 Å². The molecular formula is C9H5N5S2. The molecule has 0 radical (unpaired) electrons. The normalized spacial score (nSPS) is 10.5. The first-order valence-corrected chi connectivity index (χ1v) is 5.92. The molecule has 0 fully saturated rings. The van der Waals surface area contributed by atoms with E-state index in [0.29, 0.717) is 0 Å². The summed E-state index contributed by atoms with van der Waals surface area (Å²) in [5.74, 6) is 0. The monoisotopic (exact) mass is 247 g/mol. The SMILES string of the molecule is c1cc(-c2cnsn2)nc(-c2cnsn2)c1. The first-order valence-electron chi connectivity index (χ1n) is 4.46. The Bertz CT molecular complexity index is 526. The van der Waals surface area contributed by atoms with E-state index in [-0.39, 0.29) is 0 Å². The molecular weight excluding hydrogens is 242 g/mol. The predicted octanol–water partition coefficient (Wildman–Crippen LogP) is 2.12. The van der Waals surface area contributed by atoms with Crippen molar-refractivity contribution in [3.8, 4) is 22.8 Å². The maximum atomic E-state index is 4.47. The highest BCUT2D eigenvalue weighted by atomic mass is 32.1. The molecule has 0 aliphatic carbocycles. The van der Waals surface area contributed by atoms with Crippen molar-refractivity contribution in [3.05, 3.63) is 30.6 Å². The van der Waals surface area contributed by atoms with Gasteiger partial charge in [0.15, 0.2) is 0 Å². The molecule has 0 aromatic carbocycles. The van der Waals surface area contributed by atoms with Crippen LogP contribution in [0.4, 0.5) is 0 Å². The van der Waals surface area contributed by atoms with Crippen LogP contribution in [-0.2, 0) is 0 Å². The van der Waals surface area contributed by atoms with Gasteiger partial charge in [-0.1, -0.05) is 6.07 Å². The van der Waals surface area contributed by atoms with Crippen LogP contribution in [0.2, 0.25) is 0 Å². The summed E-state index contributed by atoms with van der Waals surface area (Å²) in [7, 11) is 0. The van der Waals surface area contributed by atoms with Crippen LogP contribution >= 0.6 is 23.5 Å². The van der Waals surface area contributed by atoms with Gasteiger partial charge in [0.2, 0.25) is 0 Å². The molecule has 7 heteroatoms. The van der Waals surface area contributed by atoms with Gasteiger partial charge >= 0.3 is 0 Å². The molecule has 0 saturated heterocycles. The largest absolute Gasteiger partial charge is 0.244 e. The van der Waals surface area contributed by atoms with Crippen molar-refractivity contribution in [3.63, 3.8) is 0 Å². The zero-order valence-electron chi connectivity index (χ0n) is 7.94. The summed E-state index contributed by atoms with van der Waals surface area (Å²) in [5, 5.41) is 0. The molecule has 0 N–H and O–H groups in total. The third kappa shape index (κ3) is 1.70. The van der Waals surface area contributed by atoms with Gasteiger partial charge in [0.05, 0.1) is 47.2 Å². The van der Waals surface area contributed by atoms with Gasteiger partial charge in [-0.15, -0.1) is 0 Å². The molecule has 0 bridgehead atoms. The first-order chi connectivity index (χ1) is 7.93. The lowest BCUT2D eigenvalue weighted by Gasteiger charge is -1.98. The molecule has 78 valence electrons. The molecule has 3 aromatic heterocycles. The Morgan fingerprint density at radius 2 is 1.31 bits per heavy atom. The lowest BCUT2D eigenvalue weighted by atomic mass is 10.2. The second kappa shape index (κ2) is 4.03. The van der Waals surface area contributed by atoms with E-state index in [2.05, 4.69) is 22.5 Å². The van der Waals surface area contributed by atoms with E-state index >= 15 is 0 Å². The third-order valence-corrected chi connectivity index (χ3v) is 2.95. The Kier molecular flexibility index (Phi) is 2.39. The number of hydrogen-bond acceptors (Lipinski definition) is 7. The Balaban J connectivity index is 2.07. The smallest absolute Gasteiger partial charge is 0.123 e. The molecule has 0 unspecified atom stereocenters. The van der Waals surface area contributed by atoms with Crippen LogP contribution in [0.3, 0.4) is 0 Å². The van der Waals surface area contributed by atoms with Gasteiger partial charge in [-0.3, -0.25) is 0 Å². The lowest BCUT2D eigenvalue weighted by Crippen LogP contribution is -1.87. The Morgan fingerprint density at radius 3 is 1.75 bits per heavy atom. The van der Waals surface area contributed by atoms with Gasteiger partial charge in [-0.05, 0) is 12.1 Å². The number of hydrogen-bond donors (Lipinski definition) is 0. The van der Waals surface area contributed by atoms with E-state index < -0.39 is 0 Å². The van der Waals surface area contributed by atoms with E-state index in [1.54, 1.807) is 12.4 Å². The first kappa shape index (κ1) is 9.49. The fourth-order valence-corrected chi connectivity index (χ4v) is 2.12. The minimum atomic E-state index is 0.787. The number of rotatable bonds is 2. The summed E-state index contributed by atoms with van der Waals surface area (Å²) in [6, 6.07) is 5.73. The van der Waals surface area contributed by atoms with Crippen LogP contribution in [0.15, 0.2) is 30.6 Å². The van der Waals surface area contributed by atoms with Crippen LogP contribution in [0, 0.1) is 0 Å². The average Bonchev–Trinajstić information content (AvgIpc) is 3.03. The molecule has 3 rings (SSSR count). The van der Waals surface area contributed by atoms with Crippen LogP contribution < -0.4 is 0 Å². The second-order valence-corrected chi connectivity index (χ2v) is 4.11. The van der Waals surface area contributed by atoms with Gasteiger partial charge in [0.25, 0.3) is 0 Å². The van der Waals surface area contributed by atoms with Crippen molar-refractivity contribution in [2.75, 3.05) is 0 Å². The van der Waals surface area contributed by atoms with E-state index in [1.165, 1.54) is 23.5 Å². The Hall–Kier alpha value is -1.73. The van der Waals surface area contributed by atoms with E-state index in [1.807, 2.05) is 18.2 Å². The van der Waals surface area contributed by atoms with Gasteiger partial charge in [-0.25, -0.2) is 4.98 Å². The van der Waals surface area contributed by atoms with Gasteiger partial charge < -0.3 is 0 Å². The Morgan fingerprint density at radius 1 is 0.750 bits per heavy atom. The summed E-state index contributed by atoms with van der Waals surface area (Å²) >= 11 is 2.34. The van der Waals surface area contributed by atoms with Crippen molar-refractivity contribution in [2.45, 2.75) is 0 Å². The fourth-order valence-electron chi connectivity index (χ4n) is 1.28. The molecule has 0 aliphatic rings. The molecule has 3 heterocycles. The van der Waals surface area contributed by atoms with Gasteiger partial charge in [0, 0.05) is 0 Å². The van der Waals surface area contributed by atoms with Crippen molar-refractivity contribution in [1.82, 2.24) is 22.5 Å². The Labute approximate surface area is 99.5 Å². The van der Waals surface area contributed by atoms with Crippen molar-refractivity contribution in [2.24, 2.45) is 0 Å². The molecule has 0 aliphatic heterocycles. The lowest BCUT2D eigenvalue weighted by molar-refractivity contribution is 1.28. The van der Waals surface area contributed by atoms with E-state index in [4.69, 9.17) is 0 Å². The van der Waals surface area contributed by atoms with Crippen LogP contribution in [0.1, 0.15) is 0 Å². The summed E-state index contributed by atoms with van der Waals surface area (Å²) in [6.45, 7) is 0. The zero-order chi connectivity index (χ0) is 10.8. The van der Waals surface area contributed by atoms with Crippen LogP contribution in [-0.4, -0.2) is 22.5 Å². The fraction of sp³-hybridized carbons (Fsp3) is 0. The van der Waals surface area contributed by atoms with Crippen molar-refractivity contribution in [1.29, 1.82) is 0 Å². The zero-order valence-corrected chi connectivity index (χ0v) is 9.57. The molecule has 0 saturated carbocycles. The predicted molar refractivity (Wildman–Crippen MR) is 62.0 cm³/mol. The third-order valence-electron chi connectivity index (χ3n) is 2.00. The maximum absolute atomic E-state index is 4.47. The second-order valence-electron chi connectivity index (χ2n) is 2.99. The molecule has 5 nitrogen and oxygen atoms in total. The van der Waals surface area contributed by atoms with Crippen LogP contribution in [0.5, 0.6) is 0 Å². The molecule has 3 aromatic rings. The minimum Gasteiger partial charge on any atom is -0.244 e. The topological polar surface area (TPSA) is 64.5 Å². The average molecular weight is 247 g/mol. The maximum Gasteiger partial charge on any atom is 0.123 e. The number of pyridine rings is 1. The van der Waals surface area contributed by atoms with Crippen molar-refractivity contribution < 1.29 is 0 Å². The van der Waals surface area contributed by atoms with Crippen LogP contribution in [0.25, 0.3) is 22.8 Å². The summed E-state index contributed by atoms with van der Waals surface area (Å²) in [6.07, 6.45) is 3.41. The summed E-state index contributed by atoms with van der Waals surface area (Å²) < 4.78 is 16.2. The molecule has 0 spiro atoms. The minimum absolute atomic E-state index is 0.787. The molecule has 0 amide bonds. The molecule has 0 atom stereocenters. The number of nitrogens with zero attached hydrogens (tertiary/aromatic N) is 5. The van der Waals surface area contributed by atoms with Gasteiger partial charge in [-0.2, -0.15) is 17.5 Å². The molecule has 16 heavy (non-hydrogen) atoms. The van der Waals surface area contributed by atoms with E-state index in [9.17, 15) is 0 Å². The summed E-state index contributed by atoms with van der Waals surface area (Å²) in [5.41, 5.74) is 3.18. The quantitative estimate of drug-likeness (QED) is 0.694. The highest BCUT2D eigenvalue weighted by Gasteiger charge is 2.06. The van der Waals surface area contributed by atoms with Gasteiger partial charge in [0.1, 0.15) is 11.4 Å².